The molecule has 2 atom stereocenters. The van der Waals surface area contributed by atoms with Crippen LogP contribution in [0.2, 0.25) is 0 Å². The molecule has 0 heterocycles. The quantitative estimate of drug-likeness (QED) is 0.592. The molecule has 110 valence electrons. The van der Waals surface area contributed by atoms with Crippen LogP contribution in [-0.2, 0) is 0 Å². The Labute approximate surface area is 143 Å². The summed E-state index contributed by atoms with van der Waals surface area (Å²) in [5.74, 6) is 0.657. The zero-order chi connectivity index (χ0) is 15.0. The van der Waals surface area contributed by atoms with E-state index >= 15 is 0 Å². The third-order valence-corrected chi connectivity index (χ3v) is 5.55. The summed E-state index contributed by atoms with van der Waals surface area (Å²) >= 11 is 7.37. The highest BCUT2D eigenvalue weighted by Crippen LogP contribution is 2.41. The molecular weight excluding hydrogens is 390 g/mol. The first kappa shape index (κ1) is 15.1. The van der Waals surface area contributed by atoms with E-state index in [0.29, 0.717) is 12.0 Å². The summed E-state index contributed by atoms with van der Waals surface area (Å²) in [5.41, 5.74) is 5.32. The summed E-state index contributed by atoms with van der Waals surface area (Å²) in [7, 11) is 0. The van der Waals surface area contributed by atoms with Crippen LogP contribution in [-0.4, -0.2) is 0 Å². The van der Waals surface area contributed by atoms with Crippen LogP contribution in [0.15, 0.2) is 45.3 Å². The molecule has 0 aliphatic heterocycles. The van der Waals surface area contributed by atoms with Crippen molar-refractivity contribution >= 4 is 37.5 Å². The van der Waals surface area contributed by atoms with Crippen molar-refractivity contribution in [2.24, 2.45) is 0 Å². The zero-order valence-corrected chi connectivity index (χ0v) is 15.5. The summed E-state index contributed by atoms with van der Waals surface area (Å²) in [4.78, 5) is 0. The number of halogens is 2. The van der Waals surface area contributed by atoms with Crippen LogP contribution in [0.1, 0.15) is 48.4 Å². The van der Waals surface area contributed by atoms with Crippen LogP contribution < -0.4 is 5.32 Å². The second-order valence-electron chi connectivity index (χ2n) is 5.91. The van der Waals surface area contributed by atoms with Crippen molar-refractivity contribution in [3.8, 4) is 0 Å². The van der Waals surface area contributed by atoms with Gasteiger partial charge >= 0.3 is 0 Å². The number of hydrogen-bond acceptors (Lipinski definition) is 1. The van der Waals surface area contributed by atoms with Crippen molar-refractivity contribution in [3.63, 3.8) is 0 Å². The topological polar surface area (TPSA) is 12.0 Å². The van der Waals surface area contributed by atoms with Gasteiger partial charge in [0.15, 0.2) is 0 Å². The Morgan fingerprint density at radius 3 is 2.29 bits per heavy atom. The lowest BCUT2D eigenvalue weighted by Gasteiger charge is -2.31. The molecule has 1 nitrogen and oxygen atoms in total. The molecule has 0 saturated heterocycles. The van der Waals surface area contributed by atoms with Crippen LogP contribution in [0.3, 0.4) is 0 Å². The predicted octanol–water partition coefficient (Wildman–Crippen LogP) is 6.57. The SMILES string of the molecule is Cc1cc(Br)c(NC2CCC(C)c3ccccc32)c(Br)c1. The summed E-state index contributed by atoms with van der Waals surface area (Å²) < 4.78 is 2.23. The van der Waals surface area contributed by atoms with Gasteiger partial charge in [-0.1, -0.05) is 31.2 Å². The van der Waals surface area contributed by atoms with E-state index in [4.69, 9.17) is 0 Å². The van der Waals surface area contributed by atoms with Gasteiger partial charge in [-0.3, -0.25) is 0 Å². The van der Waals surface area contributed by atoms with Gasteiger partial charge in [-0.25, -0.2) is 0 Å². The summed E-state index contributed by atoms with van der Waals surface area (Å²) in [6.45, 7) is 4.43. The highest BCUT2D eigenvalue weighted by Gasteiger charge is 2.25. The fourth-order valence-electron chi connectivity index (χ4n) is 3.17. The maximum absolute atomic E-state index is 3.73. The van der Waals surface area contributed by atoms with Gasteiger partial charge in [-0.05, 0) is 86.4 Å². The van der Waals surface area contributed by atoms with E-state index in [1.165, 1.54) is 29.5 Å². The maximum atomic E-state index is 3.73. The van der Waals surface area contributed by atoms with Crippen molar-refractivity contribution in [1.82, 2.24) is 0 Å². The minimum absolute atomic E-state index is 0.382. The van der Waals surface area contributed by atoms with Gasteiger partial charge in [0.05, 0.1) is 11.7 Å². The number of fused-ring (bicyclic) bond motifs is 1. The summed E-state index contributed by atoms with van der Waals surface area (Å²) in [5, 5.41) is 3.73. The number of benzene rings is 2. The largest absolute Gasteiger partial charge is 0.376 e. The first-order valence-corrected chi connectivity index (χ1v) is 8.96. The molecule has 1 aliphatic carbocycles. The lowest BCUT2D eigenvalue weighted by Crippen LogP contribution is -2.19. The first-order valence-electron chi connectivity index (χ1n) is 7.37. The number of hydrogen-bond donors (Lipinski definition) is 1. The minimum atomic E-state index is 0.382. The lowest BCUT2D eigenvalue weighted by molar-refractivity contribution is 0.534. The van der Waals surface area contributed by atoms with E-state index in [1.807, 2.05) is 0 Å². The molecule has 1 aliphatic rings. The molecule has 0 aromatic heterocycles. The Morgan fingerprint density at radius 2 is 1.62 bits per heavy atom. The van der Waals surface area contributed by atoms with Crippen LogP contribution in [0.5, 0.6) is 0 Å². The molecule has 21 heavy (non-hydrogen) atoms. The number of nitrogens with one attached hydrogen (secondary N) is 1. The average Bonchev–Trinajstić information content (AvgIpc) is 2.45. The lowest BCUT2D eigenvalue weighted by atomic mass is 9.81. The van der Waals surface area contributed by atoms with Crippen molar-refractivity contribution in [1.29, 1.82) is 0 Å². The van der Waals surface area contributed by atoms with Gasteiger partial charge in [0.25, 0.3) is 0 Å². The smallest absolute Gasteiger partial charge is 0.0634 e. The van der Waals surface area contributed by atoms with Gasteiger partial charge in [0, 0.05) is 8.95 Å². The van der Waals surface area contributed by atoms with E-state index in [9.17, 15) is 0 Å². The Balaban J connectivity index is 1.95. The molecule has 0 fully saturated rings. The molecule has 3 heteroatoms. The second kappa shape index (κ2) is 6.13. The second-order valence-corrected chi connectivity index (χ2v) is 7.62. The first-order chi connectivity index (χ1) is 10.1. The molecule has 0 radical (unpaired) electrons. The molecule has 1 N–H and O–H groups in total. The van der Waals surface area contributed by atoms with Crippen LogP contribution >= 0.6 is 31.9 Å². The van der Waals surface area contributed by atoms with E-state index in [-0.39, 0.29) is 0 Å². The van der Waals surface area contributed by atoms with E-state index in [0.717, 1.165) is 14.6 Å². The van der Waals surface area contributed by atoms with Crippen molar-refractivity contribution in [2.45, 2.75) is 38.6 Å². The third kappa shape index (κ3) is 3.04. The molecular formula is C18H19Br2N. The minimum Gasteiger partial charge on any atom is -0.376 e. The molecule has 0 saturated carbocycles. The van der Waals surface area contributed by atoms with Crippen LogP contribution in [0, 0.1) is 6.92 Å². The summed E-state index contributed by atoms with van der Waals surface area (Å²) in [6.07, 6.45) is 2.40. The molecule has 0 amide bonds. The van der Waals surface area contributed by atoms with Gasteiger partial charge in [-0.15, -0.1) is 0 Å². The molecule has 2 aromatic rings. The molecule has 2 aromatic carbocycles. The average molecular weight is 409 g/mol. The number of rotatable bonds is 2. The molecule has 3 rings (SSSR count). The fraction of sp³-hybridized carbons (Fsp3) is 0.333. The molecule has 0 bridgehead atoms. The molecule has 0 spiro atoms. The maximum Gasteiger partial charge on any atom is 0.0634 e. The highest BCUT2D eigenvalue weighted by molar-refractivity contribution is 9.11. The number of aryl methyl sites for hydroxylation is 1. The van der Waals surface area contributed by atoms with Crippen molar-refractivity contribution in [3.05, 3.63) is 62.0 Å². The van der Waals surface area contributed by atoms with Crippen molar-refractivity contribution in [2.75, 3.05) is 5.32 Å². The van der Waals surface area contributed by atoms with Gasteiger partial charge < -0.3 is 5.32 Å². The fourth-order valence-corrected chi connectivity index (χ4v) is 4.81. The monoisotopic (exact) mass is 407 g/mol. The Morgan fingerprint density at radius 1 is 1.00 bits per heavy atom. The van der Waals surface area contributed by atoms with Crippen molar-refractivity contribution < 1.29 is 0 Å². The van der Waals surface area contributed by atoms with Gasteiger partial charge in [0.2, 0.25) is 0 Å². The van der Waals surface area contributed by atoms with Crippen LogP contribution in [0.25, 0.3) is 0 Å². The zero-order valence-electron chi connectivity index (χ0n) is 12.3. The molecule has 2 unspecified atom stereocenters. The van der Waals surface area contributed by atoms with E-state index in [1.54, 1.807) is 0 Å². The van der Waals surface area contributed by atoms with Gasteiger partial charge in [-0.2, -0.15) is 0 Å². The van der Waals surface area contributed by atoms with E-state index < -0.39 is 0 Å². The Hall–Kier alpha value is -0.800. The van der Waals surface area contributed by atoms with Crippen LogP contribution in [0.4, 0.5) is 5.69 Å². The predicted molar refractivity (Wildman–Crippen MR) is 97.0 cm³/mol. The summed E-state index contributed by atoms with van der Waals surface area (Å²) in [6, 6.07) is 13.5. The normalized spacial score (nSPS) is 21.0. The van der Waals surface area contributed by atoms with Gasteiger partial charge in [0.1, 0.15) is 0 Å². The highest BCUT2D eigenvalue weighted by atomic mass is 79.9. The Bertz CT molecular complexity index is 643. The Kier molecular flexibility index (Phi) is 4.41. The third-order valence-electron chi connectivity index (χ3n) is 4.30. The number of anilines is 1. The van der Waals surface area contributed by atoms with E-state index in [2.05, 4.69) is 87.4 Å². The standard InChI is InChI=1S/C18H19Br2N/c1-11-9-15(19)18(16(20)10-11)21-17-8-7-12(2)13-5-3-4-6-14(13)17/h3-6,9-10,12,17,21H,7-8H2,1-2H3.